The quantitative estimate of drug-likeness (QED) is 0.676. The first-order valence-corrected chi connectivity index (χ1v) is 12.2. The number of benzene rings is 1. The van der Waals surface area contributed by atoms with E-state index in [2.05, 4.69) is 4.90 Å². The largest absolute Gasteiger partial charge is 0.340 e. The van der Waals surface area contributed by atoms with Crippen molar-refractivity contribution in [2.24, 2.45) is 0 Å². The third-order valence-corrected chi connectivity index (χ3v) is 7.75. The second kappa shape index (κ2) is 9.26. The summed E-state index contributed by atoms with van der Waals surface area (Å²) in [4.78, 5) is 31.0. The average molecular weight is 422 g/mol. The minimum Gasteiger partial charge on any atom is -0.340 e. The van der Waals surface area contributed by atoms with E-state index in [1.54, 1.807) is 4.90 Å². The monoisotopic (exact) mass is 421 g/mol. The fourth-order valence-corrected chi connectivity index (χ4v) is 5.91. The van der Waals surface area contributed by atoms with E-state index in [1.165, 1.54) is 0 Å². The van der Waals surface area contributed by atoms with Crippen LogP contribution in [0.3, 0.4) is 0 Å². The van der Waals surface area contributed by atoms with Gasteiger partial charge in [-0.15, -0.1) is 0 Å². The molecule has 0 saturated carbocycles. The number of amides is 2. The number of hydrogen-bond acceptors (Lipinski definition) is 5. The maximum atomic E-state index is 12.7. The van der Waals surface area contributed by atoms with E-state index >= 15 is 0 Å². The molecule has 29 heavy (non-hydrogen) atoms. The summed E-state index contributed by atoms with van der Waals surface area (Å²) in [6.45, 7) is 7.26. The van der Waals surface area contributed by atoms with Crippen molar-refractivity contribution in [2.45, 2.75) is 32.7 Å². The first-order valence-electron chi connectivity index (χ1n) is 10.3. The lowest BCUT2D eigenvalue weighted by atomic mass is 10.1. The normalized spacial score (nSPS) is 21.9. The van der Waals surface area contributed by atoms with Crippen molar-refractivity contribution in [3.05, 3.63) is 35.4 Å². The molecule has 0 aromatic heterocycles. The average Bonchev–Trinajstić information content (AvgIpc) is 3.04. The molecule has 2 aliphatic rings. The number of piperazine rings is 1. The summed E-state index contributed by atoms with van der Waals surface area (Å²) in [7, 11) is -3.01. The van der Waals surface area contributed by atoms with Gasteiger partial charge in [0, 0.05) is 38.8 Å². The SMILES string of the molecule is CCN(C(=O)CN1CCN(C(=O)Cc2ccccc2C)CC1)C1CCS(=O)(=O)C1. The number of carbonyl (C=O) groups is 2. The van der Waals surface area contributed by atoms with Gasteiger partial charge in [-0.25, -0.2) is 8.42 Å². The minimum atomic E-state index is -3.01. The van der Waals surface area contributed by atoms with Crippen LogP contribution in [0.15, 0.2) is 24.3 Å². The minimum absolute atomic E-state index is 0.0192. The van der Waals surface area contributed by atoms with E-state index in [1.807, 2.05) is 43.0 Å². The highest BCUT2D eigenvalue weighted by Crippen LogP contribution is 2.18. The van der Waals surface area contributed by atoms with Crippen LogP contribution in [0.4, 0.5) is 0 Å². The van der Waals surface area contributed by atoms with Gasteiger partial charge in [-0.3, -0.25) is 14.5 Å². The maximum Gasteiger partial charge on any atom is 0.237 e. The molecule has 1 atom stereocenters. The fraction of sp³-hybridized carbons (Fsp3) is 0.619. The van der Waals surface area contributed by atoms with E-state index in [-0.39, 0.29) is 35.9 Å². The van der Waals surface area contributed by atoms with Gasteiger partial charge >= 0.3 is 0 Å². The van der Waals surface area contributed by atoms with Crippen molar-refractivity contribution in [1.29, 1.82) is 0 Å². The van der Waals surface area contributed by atoms with Gasteiger partial charge in [0.15, 0.2) is 9.84 Å². The second-order valence-electron chi connectivity index (χ2n) is 8.00. The molecule has 0 radical (unpaired) electrons. The van der Waals surface area contributed by atoms with Crippen molar-refractivity contribution in [1.82, 2.24) is 14.7 Å². The summed E-state index contributed by atoms with van der Waals surface area (Å²) < 4.78 is 23.5. The molecule has 1 aromatic carbocycles. The molecule has 0 N–H and O–H groups in total. The number of hydrogen-bond donors (Lipinski definition) is 0. The molecule has 2 fully saturated rings. The smallest absolute Gasteiger partial charge is 0.237 e. The van der Waals surface area contributed by atoms with Crippen molar-refractivity contribution in [3.63, 3.8) is 0 Å². The van der Waals surface area contributed by atoms with Gasteiger partial charge in [0.1, 0.15) is 0 Å². The Kier molecular flexibility index (Phi) is 6.95. The highest BCUT2D eigenvalue weighted by atomic mass is 32.2. The third-order valence-electron chi connectivity index (χ3n) is 6.00. The maximum absolute atomic E-state index is 12.7. The number of sulfone groups is 1. The standard InChI is InChI=1S/C21H31N3O4S/c1-3-24(19-8-13-29(27,28)16-19)21(26)15-22-9-11-23(12-10-22)20(25)14-18-7-5-4-6-17(18)2/h4-7,19H,3,8-16H2,1-2H3. The van der Waals surface area contributed by atoms with Crippen LogP contribution in [0.2, 0.25) is 0 Å². The van der Waals surface area contributed by atoms with Gasteiger partial charge < -0.3 is 9.80 Å². The molecule has 0 aliphatic carbocycles. The van der Waals surface area contributed by atoms with Crippen LogP contribution in [0.25, 0.3) is 0 Å². The van der Waals surface area contributed by atoms with Gasteiger partial charge in [-0.1, -0.05) is 24.3 Å². The van der Waals surface area contributed by atoms with Crippen LogP contribution in [0.5, 0.6) is 0 Å². The molecule has 7 nitrogen and oxygen atoms in total. The van der Waals surface area contributed by atoms with Crippen LogP contribution in [0.1, 0.15) is 24.5 Å². The molecule has 3 rings (SSSR count). The van der Waals surface area contributed by atoms with Crippen molar-refractivity contribution < 1.29 is 18.0 Å². The summed E-state index contributed by atoms with van der Waals surface area (Å²) in [5, 5.41) is 0. The van der Waals surface area contributed by atoms with Gasteiger partial charge in [-0.05, 0) is 31.4 Å². The predicted molar refractivity (Wildman–Crippen MR) is 112 cm³/mol. The Labute approximate surface area is 173 Å². The third kappa shape index (κ3) is 5.57. The molecular weight excluding hydrogens is 390 g/mol. The number of rotatable bonds is 6. The molecule has 2 heterocycles. The molecular formula is C21H31N3O4S. The Balaban J connectivity index is 1.48. The lowest BCUT2D eigenvalue weighted by Gasteiger charge is -2.36. The van der Waals surface area contributed by atoms with E-state index in [0.29, 0.717) is 45.6 Å². The molecule has 8 heteroatoms. The predicted octanol–water partition coefficient (Wildman–Crippen LogP) is 0.717. The number of aryl methyl sites for hydroxylation is 1. The zero-order valence-electron chi connectivity index (χ0n) is 17.3. The highest BCUT2D eigenvalue weighted by Gasteiger charge is 2.34. The Morgan fingerprint density at radius 2 is 1.83 bits per heavy atom. The molecule has 1 aromatic rings. The summed E-state index contributed by atoms with van der Waals surface area (Å²) in [6.07, 6.45) is 0.939. The van der Waals surface area contributed by atoms with E-state index in [9.17, 15) is 18.0 Å². The van der Waals surface area contributed by atoms with Crippen LogP contribution in [0, 0.1) is 6.92 Å². The molecule has 160 valence electrons. The fourth-order valence-electron chi connectivity index (χ4n) is 4.18. The summed E-state index contributed by atoms with van der Waals surface area (Å²) >= 11 is 0. The zero-order valence-corrected chi connectivity index (χ0v) is 18.2. The van der Waals surface area contributed by atoms with E-state index < -0.39 is 9.84 Å². The summed E-state index contributed by atoms with van der Waals surface area (Å²) in [5.74, 6) is 0.350. The lowest BCUT2D eigenvalue weighted by Crippen LogP contribution is -2.53. The van der Waals surface area contributed by atoms with E-state index in [4.69, 9.17) is 0 Å². The van der Waals surface area contributed by atoms with Gasteiger partial charge in [-0.2, -0.15) is 0 Å². The first kappa shape index (κ1) is 21.8. The van der Waals surface area contributed by atoms with Crippen LogP contribution in [-0.2, 0) is 25.8 Å². The van der Waals surface area contributed by atoms with Crippen LogP contribution >= 0.6 is 0 Å². The first-order chi connectivity index (χ1) is 13.8. The molecule has 1 unspecified atom stereocenters. The molecule has 0 spiro atoms. The lowest BCUT2D eigenvalue weighted by molar-refractivity contribution is -0.135. The van der Waals surface area contributed by atoms with Crippen molar-refractivity contribution >= 4 is 21.7 Å². The Morgan fingerprint density at radius 1 is 1.14 bits per heavy atom. The van der Waals surface area contributed by atoms with Crippen molar-refractivity contribution in [2.75, 3.05) is 50.8 Å². The molecule has 0 bridgehead atoms. The Bertz CT molecular complexity index is 847. The number of likely N-dealkylation sites (N-methyl/N-ethyl adjacent to an activating group) is 1. The van der Waals surface area contributed by atoms with Crippen molar-refractivity contribution in [3.8, 4) is 0 Å². The van der Waals surface area contributed by atoms with Gasteiger partial charge in [0.2, 0.25) is 11.8 Å². The van der Waals surface area contributed by atoms with Gasteiger partial charge in [0.25, 0.3) is 0 Å². The van der Waals surface area contributed by atoms with Crippen LogP contribution in [-0.4, -0.2) is 91.7 Å². The van der Waals surface area contributed by atoms with Gasteiger partial charge in [0.05, 0.1) is 24.5 Å². The van der Waals surface area contributed by atoms with E-state index in [0.717, 1.165) is 11.1 Å². The number of carbonyl (C=O) groups excluding carboxylic acids is 2. The van der Waals surface area contributed by atoms with Crippen LogP contribution < -0.4 is 0 Å². The second-order valence-corrected chi connectivity index (χ2v) is 10.2. The summed E-state index contributed by atoms with van der Waals surface area (Å²) in [5.41, 5.74) is 2.18. The Hall–Kier alpha value is -1.93. The topological polar surface area (TPSA) is 78.0 Å². The summed E-state index contributed by atoms with van der Waals surface area (Å²) in [6, 6.07) is 7.73. The zero-order chi connectivity index (χ0) is 21.0. The Morgan fingerprint density at radius 3 is 2.41 bits per heavy atom. The molecule has 2 saturated heterocycles. The number of nitrogens with zero attached hydrogens (tertiary/aromatic N) is 3. The molecule has 2 aliphatic heterocycles. The highest BCUT2D eigenvalue weighted by molar-refractivity contribution is 7.91. The molecule has 2 amide bonds.